The van der Waals surface area contributed by atoms with E-state index in [4.69, 9.17) is 17.3 Å². The maximum absolute atomic E-state index is 12.2. The van der Waals surface area contributed by atoms with Gasteiger partial charge in [0.05, 0.1) is 6.04 Å². The number of nitrogens with two attached hydrogens (primary N) is 1. The van der Waals surface area contributed by atoms with E-state index in [2.05, 4.69) is 5.32 Å². The van der Waals surface area contributed by atoms with Crippen LogP contribution in [0.1, 0.15) is 34.5 Å². The van der Waals surface area contributed by atoms with Gasteiger partial charge in [0.1, 0.15) is 0 Å². The van der Waals surface area contributed by atoms with E-state index in [0.717, 1.165) is 5.56 Å². The van der Waals surface area contributed by atoms with Gasteiger partial charge in [-0.15, -0.1) is 0 Å². The van der Waals surface area contributed by atoms with Gasteiger partial charge in [-0.2, -0.15) is 0 Å². The van der Waals surface area contributed by atoms with E-state index >= 15 is 0 Å². The number of benzene rings is 2. The lowest BCUT2D eigenvalue weighted by molar-refractivity contribution is 0.0940. The van der Waals surface area contributed by atoms with Crippen LogP contribution in [0.3, 0.4) is 0 Å². The van der Waals surface area contributed by atoms with Gasteiger partial charge in [0.2, 0.25) is 0 Å². The maximum Gasteiger partial charge on any atom is 0.251 e. The fourth-order valence-electron chi connectivity index (χ4n) is 1.96. The minimum Gasteiger partial charge on any atom is -0.399 e. The van der Waals surface area contributed by atoms with E-state index in [0.29, 0.717) is 16.3 Å². The highest BCUT2D eigenvalue weighted by molar-refractivity contribution is 6.31. The summed E-state index contributed by atoms with van der Waals surface area (Å²) in [5, 5.41) is 3.39. The molecule has 4 heteroatoms. The molecule has 0 bridgehead atoms. The first-order valence-corrected chi connectivity index (χ1v) is 6.77. The van der Waals surface area contributed by atoms with Crippen molar-refractivity contribution < 1.29 is 4.79 Å². The molecule has 0 aliphatic heterocycles. The lowest BCUT2D eigenvalue weighted by Crippen LogP contribution is -2.26. The second-order valence-electron chi connectivity index (χ2n) is 4.88. The zero-order chi connectivity index (χ0) is 14.7. The molecule has 3 nitrogen and oxygen atoms in total. The van der Waals surface area contributed by atoms with Crippen LogP contribution >= 0.6 is 11.6 Å². The van der Waals surface area contributed by atoms with Crippen LogP contribution in [0.15, 0.2) is 42.5 Å². The minimum atomic E-state index is -0.188. The third-order valence-electron chi connectivity index (χ3n) is 3.11. The van der Waals surface area contributed by atoms with Gasteiger partial charge in [0.15, 0.2) is 0 Å². The molecule has 2 aromatic carbocycles. The Kier molecular flexibility index (Phi) is 4.30. The van der Waals surface area contributed by atoms with E-state index in [-0.39, 0.29) is 11.9 Å². The molecule has 1 atom stereocenters. The second kappa shape index (κ2) is 5.97. The first-order valence-electron chi connectivity index (χ1n) is 6.39. The Labute approximate surface area is 123 Å². The fraction of sp³-hybridized carbons (Fsp3) is 0.188. The first kappa shape index (κ1) is 14.4. The van der Waals surface area contributed by atoms with Crippen LogP contribution in [-0.4, -0.2) is 5.91 Å². The van der Waals surface area contributed by atoms with Gasteiger partial charge in [-0.1, -0.05) is 41.4 Å². The Bertz CT molecular complexity index is 603. The number of hydrogen-bond acceptors (Lipinski definition) is 2. The van der Waals surface area contributed by atoms with E-state index in [1.54, 1.807) is 18.2 Å². The summed E-state index contributed by atoms with van der Waals surface area (Å²) < 4.78 is 0. The highest BCUT2D eigenvalue weighted by Gasteiger charge is 2.12. The summed E-state index contributed by atoms with van der Waals surface area (Å²) >= 11 is 5.91. The Balaban J connectivity index is 2.12. The van der Waals surface area contributed by atoms with Crippen LogP contribution in [-0.2, 0) is 0 Å². The summed E-state index contributed by atoms with van der Waals surface area (Å²) in [4.78, 5) is 12.2. The number of nitrogen functional groups attached to an aromatic ring is 1. The summed E-state index contributed by atoms with van der Waals surface area (Å²) in [7, 11) is 0. The van der Waals surface area contributed by atoms with Gasteiger partial charge >= 0.3 is 0 Å². The lowest BCUT2D eigenvalue weighted by Gasteiger charge is -2.15. The molecule has 1 amide bonds. The molecule has 0 aliphatic carbocycles. The number of anilines is 1. The molecule has 0 saturated heterocycles. The van der Waals surface area contributed by atoms with Gasteiger partial charge in [-0.05, 0) is 37.6 Å². The van der Waals surface area contributed by atoms with Crippen molar-refractivity contribution in [1.29, 1.82) is 0 Å². The van der Waals surface area contributed by atoms with Gasteiger partial charge < -0.3 is 11.1 Å². The molecule has 2 aromatic rings. The number of halogens is 1. The quantitative estimate of drug-likeness (QED) is 0.846. The van der Waals surface area contributed by atoms with Crippen molar-refractivity contribution in [1.82, 2.24) is 5.32 Å². The monoisotopic (exact) mass is 288 g/mol. The van der Waals surface area contributed by atoms with Crippen molar-refractivity contribution in [2.75, 3.05) is 5.73 Å². The molecule has 0 fully saturated rings. The van der Waals surface area contributed by atoms with Crippen molar-refractivity contribution in [3.8, 4) is 0 Å². The van der Waals surface area contributed by atoms with E-state index in [1.807, 2.05) is 38.1 Å². The number of rotatable bonds is 3. The number of amides is 1. The van der Waals surface area contributed by atoms with Gasteiger partial charge in [0, 0.05) is 16.3 Å². The van der Waals surface area contributed by atoms with E-state index < -0.39 is 0 Å². The second-order valence-corrected chi connectivity index (χ2v) is 5.32. The van der Waals surface area contributed by atoms with E-state index in [9.17, 15) is 4.79 Å². The molecule has 2 rings (SSSR count). The van der Waals surface area contributed by atoms with Crippen molar-refractivity contribution in [2.45, 2.75) is 19.9 Å². The average molecular weight is 289 g/mol. The van der Waals surface area contributed by atoms with E-state index in [1.165, 1.54) is 5.56 Å². The predicted molar refractivity (Wildman–Crippen MR) is 82.9 cm³/mol. The summed E-state index contributed by atoms with van der Waals surface area (Å²) in [6, 6.07) is 12.8. The Hall–Kier alpha value is -2.00. The van der Waals surface area contributed by atoms with Crippen LogP contribution in [0.4, 0.5) is 5.69 Å². The molecular weight excluding hydrogens is 272 g/mol. The zero-order valence-electron chi connectivity index (χ0n) is 11.5. The van der Waals surface area contributed by atoms with Crippen LogP contribution in [0.5, 0.6) is 0 Å². The molecule has 0 spiro atoms. The smallest absolute Gasteiger partial charge is 0.251 e. The lowest BCUT2D eigenvalue weighted by atomic mass is 10.1. The molecular formula is C16H17ClN2O. The number of nitrogens with one attached hydrogen (secondary N) is 1. The van der Waals surface area contributed by atoms with Crippen LogP contribution in [0.2, 0.25) is 5.02 Å². The standard InChI is InChI=1S/C16H17ClN2O/c1-10-3-5-12(6-4-10)11(2)19-16(20)13-7-14(17)9-15(18)8-13/h3-9,11H,18H2,1-2H3,(H,19,20). The zero-order valence-corrected chi connectivity index (χ0v) is 12.2. The largest absolute Gasteiger partial charge is 0.399 e. The number of hydrogen-bond donors (Lipinski definition) is 2. The number of aryl methyl sites for hydroxylation is 1. The topological polar surface area (TPSA) is 55.1 Å². The molecule has 0 heterocycles. The minimum absolute atomic E-state index is 0.0803. The summed E-state index contributed by atoms with van der Waals surface area (Å²) in [6.07, 6.45) is 0. The van der Waals surface area contributed by atoms with Crippen LogP contribution in [0.25, 0.3) is 0 Å². The predicted octanol–water partition coefficient (Wildman–Crippen LogP) is 3.72. The molecule has 1 unspecified atom stereocenters. The highest BCUT2D eigenvalue weighted by atomic mass is 35.5. The normalized spacial score (nSPS) is 11.9. The molecule has 0 saturated carbocycles. The SMILES string of the molecule is Cc1ccc(C(C)NC(=O)c2cc(N)cc(Cl)c2)cc1. The van der Waals surface area contributed by atoms with Gasteiger partial charge in [0.25, 0.3) is 5.91 Å². The molecule has 0 aliphatic rings. The van der Waals surface area contributed by atoms with Crippen molar-refractivity contribution in [3.63, 3.8) is 0 Å². The first-order chi connectivity index (χ1) is 9.45. The van der Waals surface area contributed by atoms with Crippen molar-refractivity contribution in [2.24, 2.45) is 0 Å². The number of carbonyl (C=O) groups is 1. The highest BCUT2D eigenvalue weighted by Crippen LogP contribution is 2.18. The Morgan fingerprint density at radius 3 is 2.45 bits per heavy atom. The van der Waals surface area contributed by atoms with Crippen LogP contribution < -0.4 is 11.1 Å². The average Bonchev–Trinajstić information content (AvgIpc) is 2.38. The Morgan fingerprint density at radius 1 is 1.20 bits per heavy atom. The third kappa shape index (κ3) is 3.52. The van der Waals surface area contributed by atoms with Crippen molar-refractivity contribution >= 4 is 23.2 Å². The van der Waals surface area contributed by atoms with Gasteiger partial charge in [-0.3, -0.25) is 4.79 Å². The molecule has 20 heavy (non-hydrogen) atoms. The molecule has 3 N–H and O–H groups in total. The van der Waals surface area contributed by atoms with Crippen LogP contribution in [0, 0.1) is 6.92 Å². The summed E-state index contributed by atoms with van der Waals surface area (Å²) in [6.45, 7) is 3.97. The third-order valence-corrected chi connectivity index (χ3v) is 3.33. The maximum atomic E-state index is 12.2. The Morgan fingerprint density at radius 2 is 1.85 bits per heavy atom. The van der Waals surface area contributed by atoms with Crippen molar-refractivity contribution in [3.05, 3.63) is 64.2 Å². The molecule has 0 radical (unpaired) electrons. The molecule has 104 valence electrons. The number of carbonyl (C=O) groups excluding carboxylic acids is 1. The molecule has 0 aromatic heterocycles. The fourth-order valence-corrected chi connectivity index (χ4v) is 2.21. The van der Waals surface area contributed by atoms with Gasteiger partial charge in [-0.25, -0.2) is 0 Å². The summed E-state index contributed by atoms with van der Waals surface area (Å²) in [5.41, 5.74) is 8.88. The summed E-state index contributed by atoms with van der Waals surface area (Å²) in [5.74, 6) is -0.188.